The van der Waals surface area contributed by atoms with Crippen LogP contribution in [0, 0.1) is 0 Å². The Labute approximate surface area is 355 Å². The second-order valence-electron chi connectivity index (χ2n) is 18.8. The van der Waals surface area contributed by atoms with Crippen LogP contribution < -0.4 is 0 Å². The number of carbonyl (C=O) groups is 3. The number of carbonyl (C=O) groups excluding carboxylic acids is 3. The Morgan fingerprint density at radius 3 is 1.07 bits per heavy atom. The number of rotatable bonds is 18. The molecule has 1 saturated carbocycles. The van der Waals surface area contributed by atoms with Crippen molar-refractivity contribution in [2.24, 2.45) is 0 Å². The molecule has 5 N–H and O–H groups in total. The first-order valence-electron chi connectivity index (χ1n) is 21.0. The molecule has 0 bridgehead atoms. The molecular formula is C50H64N2O8. The van der Waals surface area contributed by atoms with Crippen molar-refractivity contribution in [3.05, 3.63) is 142 Å². The van der Waals surface area contributed by atoms with Crippen LogP contribution in [0.4, 0.5) is 0 Å². The van der Waals surface area contributed by atoms with Gasteiger partial charge in [-0.2, -0.15) is 0 Å². The fourth-order valence-electron chi connectivity index (χ4n) is 8.12. The lowest BCUT2D eigenvalue weighted by atomic mass is 9.87. The van der Waals surface area contributed by atoms with Gasteiger partial charge in [0, 0.05) is 55.0 Å². The van der Waals surface area contributed by atoms with E-state index in [9.17, 15) is 39.9 Å². The highest BCUT2D eigenvalue weighted by atomic mass is 16.3. The molecule has 10 heteroatoms. The number of Topliss-reactive ketones (excluding diaryl/α,β-unsaturated/α-hetero) is 3. The molecule has 10 nitrogen and oxygen atoms in total. The summed E-state index contributed by atoms with van der Waals surface area (Å²) in [5, 5.41) is 52.9. The predicted molar refractivity (Wildman–Crippen MR) is 233 cm³/mol. The predicted octanol–water partition coefficient (Wildman–Crippen LogP) is 7.37. The molecule has 1 atom stereocenters. The molecule has 4 aromatic rings. The highest BCUT2D eigenvalue weighted by Gasteiger charge is 2.33. The van der Waals surface area contributed by atoms with Crippen molar-refractivity contribution in [3.63, 3.8) is 0 Å². The van der Waals surface area contributed by atoms with Crippen LogP contribution in [0.5, 0.6) is 0 Å². The summed E-state index contributed by atoms with van der Waals surface area (Å²) in [5.74, 6) is -1.07. The summed E-state index contributed by atoms with van der Waals surface area (Å²) in [4.78, 5) is 44.0. The van der Waals surface area contributed by atoms with Crippen molar-refractivity contribution >= 4 is 17.3 Å². The fourth-order valence-corrected chi connectivity index (χ4v) is 8.12. The van der Waals surface area contributed by atoms with E-state index in [1.165, 1.54) is 41.5 Å². The first-order chi connectivity index (χ1) is 27.9. The van der Waals surface area contributed by atoms with Gasteiger partial charge >= 0.3 is 0 Å². The molecule has 1 aliphatic rings. The zero-order chi connectivity index (χ0) is 44.2. The smallest absolute Gasteiger partial charge is 0.193 e. The summed E-state index contributed by atoms with van der Waals surface area (Å²) in [6, 6.07) is 30.1. The van der Waals surface area contributed by atoms with Crippen LogP contribution in [-0.4, -0.2) is 87.2 Å². The monoisotopic (exact) mass is 820 g/mol. The Balaban J connectivity index is 1.44. The van der Waals surface area contributed by atoms with E-state index in [0.717, 1.165) is 47.9 Å². The van der Waals surface area contributed by atoms with Crippen LogP contribution in [0.1, 0.15) is 146 Å². The van der Waals surface area contributed by atoms with Gasteiger partial charge in [-0.1, -0.05) is 78.9 Å². The van der Waals surface area contributed by atoms with Gasteiger partial charge in [0.2, 0.25) is 0 Å². The molecule has 0 amide bonds. The second-order valence-corrected chi connectivity index (χ2v) is 18.8. The highest BCUT2D eigenvalue weighted by molar-refractivity contribution is 6.03. The highest BCUT2D eigenvalue weighted by Crippen LogP contribution is 2.33. The van der Waals surface area contributed by atoms with Crippen LogP contribution in [0.3, 0.4) is 0 Å². The van der Waals surface area contributed by atoms with Crippen LogP contribution in [-0.2, 0) is 26.2 Å². The Morgan fingerprint density at radius 1 is 0.500 bits per heavy atom. The molecule has 5 rings (SSSR count). The molecule has 322 valence electrons. The Hall–Kier alpha value is -4.39. The molecule has 0 heterocycles. The summed E-state index contributed by atoms with van der Waals surface area (Å²) in [5.41, 5.74) is -0.178. The number of aliphatic hydroxyl groups excluding tert-OH is 1. The number of hydrogen-bond donors (Lipinski definition) is 5. The summed E-state index contributed by atoms with van der Waals surface area (Å²) >= 11 is 0. The quantitative estimate of drug-likeness (QED) is 0.0642. The fraction of sp³-hybridized carbons (Fsp3) is 0.460. The van der Waals surface area contributed by atoms with Gasteiger partial charge < -0.3 is 25.5 Å². The van der Waals surface area contributed by atoms with E-state index in [0.29, 0.717) is 48.4 Å². The van der Waals surface area contributed by atoms with Gasteiger partial charge in [0.1, 0.15) is 22.9 Å². The summed E-state index contributed by atoms with van der Waals surface area (Å²) in [7, 11) is 0. The van der Waals surface area contributed by atoms with Gasteiger partial charge in [-0.25, -0.2) is 0 Å². The molecule has 1 aliphatic carbocycles. The van der Waals surface area contributed by atoms with Crippen molar-refractivity contribution < 1.29 is 39.9 Å². The summed E-state index contributed by atoms with van der Waals surface area (Å²) in [6.45, 7) is 14.2. The van der Waals surface area contributed by atoms with E-state index >= 15 is 0 Å². The maximum atomic E-state index is 13.1. The third kappa shape index (κ3) is 12.4. The van der Waals surface area contributed by atoms with Gasteiger partial charge in [-0.3, -0.25) is 24.2 Å². The molecule has 1 fully saturated rings. The van der Waals surface area contributed by atoms with E-state index < -0.39 is 28.5 Å². The van der Waals surface area contributed by atoms with E-state index in [1.807, 2.05) is 78.9 Å². The minimum atomic E-state index is -1.52. The van der Waals surface area contributed by atoms with E-state index in [-0.39, 0.29) is 29.4 Å². The van der Waals surface area contributed by atoms with Gasteiger partial charge in [0.25, 0.3) is 0 Å². The largest absolute Gasteiger partial charge is 0.387 e. The molecule has 0 saturated heterocycles. The number of ketones is 3. The number of aliphatic hydroxyl groups is 5. The number of nitrogens with zero attached hydrogens (tertiary/aromatic N) is 2. The minimum Gasteiger partial charge on any atom is -0.387 e. The first-order valence-corrected chi connectivity index (χ1v) is 21.0. The Bertz CT molecular complexity index is 2060. The average molecular weight is 821 g/mol. The topological polar surface area (TPSA) is 159 Å². The van der Waals surface area contributed by atoms with Crippen molar-refractivity contribution in [2.75, 3.05) is 0 Å². The lowest BCUT2D eigenvalue weighted by molar-refractivity contribution is -0.0497. The van der Waals surface area contributed by atoms with Crippen molar-refractivity contribution in [1.82, 2.24) is 9.80 Å². The van der Waals surface area contributed by atoms with Gasteiger partial charge in [0.05, 0.1) is 5.60 Å². The van der Waals surface area contributed by atoms with E-state index in [4.69, 9.17) is 0 Å². The molecule has 60 heavy (non-hydrogen) atoms. The second kappa shape index (κ2) is 18.7. The Morgan fingerprint density at radius 2 is 0.783 bits per heavy atom. The van der Waals surface area contributed by atoms with Crippen LogP contribution in [0.25, 0.3) is 0 Å². The molecule has 0 radical (unpaired) electrons. The zero-order valence-electron chi connectivity index (χ0n) is 36.5. The molecule has 1 unspecified atom stereocenters. The van der Waals surface area contributed by atoms with Crippen molar-refractivity contribution in [1.29, 1.82) is 0 Å². The van der Waals surface area contributed by atoms with Crippen LogP contribution in [0.15, 0.2) is 97.1 Å². The Kier molecular flexibility index (Phi) is 14.5. The summed E-state index contributed by atoms with van der Waals surface area (Å²) < 4.78 is 0. The average Bonchev–Trinajstić information content (AvgIpc) is 3.18. The number of hydrogen-bond acceptors (Lipinski definition) is 10. The van der Waals surface area contributed by atoms with Crippen molar-refractivity contribution in [3.8, 4) is 0 Å². The third-order valence-electron chi connectivity index (χ3n) is 11.4. The maximum Gasteiger partial charge on any atom is 0.193 e. The normalized spacial score (nSPS) is 17.2. The lowest BCUT2D eigenvalue weighted by Crippen LogP contribution is -2.43. The van der Waals surface area contributed by atoms with Crippen molar-refractivity contribution in [2.45, 2.75) is 148 Å². The standard InChI is InChI=1S/C50H64N2O8/c1-47(2,57)43(53)37-17-9-13-33(25-37)29-51(30-34-14-10-18-38(26-34)44(54)48(3,4)58)41-21-23-42(24-22-41)52(31-35-15-11-19-39(27-35)45(55)49(5,6)59)32-36-16-12-20-40(28-36)46(56)50(7,8)60/h9-20,25-28,41-43,53,57-60H,21-24,29-32H2,1-8H3. The summed E-state index contributed by atoms with van der Waals surface area (Å²) in [6.07, 6.45) is 2.33. The van der Waals surface area contributed by atoms with Gasteiger partial charge in [0.15, 0.2) is 17.3 Å². The SMILES string of the molecule is CC(C)(O)C(=O)c1cccc(CN(Cc2cccc(C(=O)C(C)(C)O)c2)C2CCC(N(Cc3cccc(C(=O)C(C)(C)O)c3)Cc3cccc(C(O)C(C)(C)O)c3)CC2)c1. The molecule has 0 aromatic heterocycles. The van der Waals surface area contributed by atoms with Gasteiger partial charge in [-0.05, 0) is 127 Å². The van der Waals surface area contributed by atoms with Crippen LogP contribution >= 0.6 is 0 Å². The molecule has 0 aliphatic heterocycles. The lowest BCUT2D eigenvalue weighted by Gasteiger charge is -2.41. The molecular weight excluding hydrogens is 757 g/mol. The minimum absolute atomic E-state index is 0.142. The number of benzene rings is 4. The zero-order valence-corrected chi connectivity index (χ0v) is 36.5. The molecule has 0 spiro atoms. The van der Waals surface area contributed by atoms with E-state index in [1.54, 1.807) is 32.0 Å². The van der Waals surface area contributed by atoms with Crippen LogP contribution in [0.2, 0.25) is 0 Å². The van der Waals surface area contributed by atoms with Gasteiger partial charge in [-0.15, -0.1) is 0 Å². The first kappa shape index (κ1) is 46.7. The molecule has 4 aromatic carbocycles. The van der Waals surface area contributed by atoms with E-state index in [2.05, 4.69) is 9.80 Å². The third-order valence-corrected chi connectivity index (χ3v) is 11.4. The maximum absolute atomic E-state index is 13.1.